The van der Waals surface area contributed by atoms with Crippen molar-refractivity contribution in [2.24, 2.45) is 0 Å². The second kappa shape index (κ2) is 8.21. The van der Waals surface area contributed by atoms with E-state index in [9.17, 15) is 8.42 Å². The summed E-state index contributed by atoms with van der Waals surface area (Å²) in [6.07, 6.45) is 1.05. The number of hydrogen-bond donors (Lipinski definition) is 2. The van der Waals surface area contributed by atoms with Gasteiger partial charge in [-0.05, 0) is 31.6 Å². The van der Waals surface area contributed by atoms with E-state index in [2.05, 4.69) is 23.5 Å². The van der Waals surface area contributed by atoms with Crippen LogP contribution < -0.4 is 15.2 Å². The SMILES string of the molecule is CCCN(CC)CCNS(=O)(=O)c1ccc(N)cc1OC. The monoisotopic (exact) mass is 315 g/mol. The van der Waals surface area contributed by atoms with Crippen LogP contribution >= 0.6 is 0 Å². The van der Waals surface area contributed by atoms with E-state index in [1.54, 1.807) is 6.07 Å². The predicted molar refractivity (Wildman–Crippen MR) is 85.0 cm³/mol. The number of benzene rings is 1. The van der Waals surface area contributed by atoms with Gasteiger partial charge in [0.15, 0.2) is 0 Å². The maximum absolute atomic E-state index is 12.3. The van der Waals surface area contributed by atoms with Crippen molar-refractivity contribution in [1.29, 1.82) is 0 Å². The number of anilines is 1. The maximum Gasteiger partial charge on any atom is 0.244 e. The van der Waals surface area contributed by atoms with Crippen LogP contribution in [0.5, 0.6) is 5.75 Å². The lowest BCUT2D eigenvalue weighted by Gasteiger charge is -2.19. The van der Waals surface area contributed by atoms with Gasteiger partial charge in [0.2, 0.25) is 10.0 Å². The second-order valence-corrected chi connectivity index (χ2v) is 6.48. The number of rotatable bonds is 9. The van der Waals surface area contributed by atoms with E-state index in [4.69, 9.17) is 10.5 Å². The highest BCUT2D eigenvalue weighted by molar-refractivity contribution is 7.89. The third kappa shape index (κ3) is 5.18. The van der Waals surface area contributed by atoms with Gasteiger partial charge in [-0.15, -0.1) is 0 Å². The number of sulfonamides is 1. The molecule has 1 aromatic carbocycles. The molecular formula is C14H25N3O3S. The number of methoxy groups -OCH3 is 1. The summed E-state index contributed by atoms with van der Waals surface area (Å²) in [6.45, 7) is 7.08. The molecule has 0 atom stereocenters. The Morgan fingerprint density at radius 3 is 2.57 bits per heavy atom. The fraction of sp³-hybridized carbons (Fsp3) is 0.571. The number of nitrogens with two attached hydrogens (primary N) is 1. The zero-order valence-electron chi connectivity index (χ0n) is 12.9. The Bertz CT molecular complexity index is 546. The largest absolute Gasteiger partial charge is 0.495 e. The van der Waals surface area contributed by atoms with Crippen molar-refractivity contribution < 1.29 is 13.2 Å². The van der Waals surface area contributed by atoms with E-state index in [0.717, 1.165) is 19.5 Å². The summed E-state index contributed by atoms with van der Waals surface area (Å²) in [4.78, 5) is 2.31. The summed E-state index contributed by atoms with van der Waals surface area (Å²) in [5, 5.41) is 0. The second-order valence-electron chi connectivity index (χ2n) is 4.74. The van der Waals surface area contributed by atoms with Gasteiger partial charge in [0.05, 0.1) is 7.11 Å². The highest BCUT2D eigenvalue weighted by Crippen LogP contribution is 2.25. The van der Waals surface area contributed by atoms with Crippen LogP contribution in [0, 0.1) is 0 Å². The standard InChI is InChI=1S/C14H25N3O3S/c1-4-9-17(5-2)10-8-16-21(18,19)14-7-6-12(15)11-13(14)20-3/h6-7,11,16H,4-5,8-10,15H2,1-3H3. The lowest BCUT2D eigenvalue weighted by Crippen LogP contribution is -2.35. The van der Waals surface area contributed by atoms with Crippen molar-refractivity contribution in [2.75, 3.05) is 39.0 Å². The highest BCUT2D eigenvalue weighted by atomic mass is 32.2. The van der Waals surface area contributed by atoms with Crippen LogP contribution in [0.3, 0.4) is 0 Å². The van der Waals surface area contributed by atoms with Crippen molar-refractivity contribution in [2.45, 2.75) is 25.2 Å². The van der Waals surface area contributed by atoms with Crippen LogP contribution in [-0.2, 0) is 10.0 Å². The summed E-state index contributed by atoms with van der Waals surface area (Å²) in [6, 6.07) is 4.51. The Morgan fingerprint density at radius 1 is 1.29 bits per heavy atom. The van der Waals surface area contributed by atoms with Gasteiger partial charge in [-0.2, -0.15) is 0 Å². The molecule has 120 valence electrons. The summed E-state index contributed by atoms with van der Waals surface area (Å²) < 4.78 is 32.3. The number of nitrogens with zero attached hydrogens (tertiary/aromatic N) is 1. The van der Waals surface area contributed by atoms with Crippen LogP contribution in [0.15, 0.2) is 23.1 Å². The highest BCUT2D eigenvalue weighted by Gasteiger charge is 2.19. The molecule has 3 N–H and O–H groups in total. The van der Waals surface area contributed by atoms with E-state index >= 15 is 0 Å². The fourth-order valence-corrected chi connectivity index (χ4v) is 3.24. The minimum Gasteiger partial charge on any atom is -0.495 e. The van der Waals surface area contributed by atoms with E-state index in [-0.39, 0.29) is 10.6 Å². The lowest BCUT2D eigenvalue weighted by atomic mass is 10.3. The average Bonchev–Trinajstić information content (AvgIpc) is 2.45. The van der Waals surface area contributed by atoms with E-state index in [1.807, 2.05) is 0 Å². The minimum absolute atomic E-state index is 0.109. The van der Waals surface area contributed by atoms with Crippen molar-refractivity contribution in [3.63, 3.8) is 0 Å². The van der Waals surface area contributed by atoms with Gasteiger partial charge in [-0.25, -0.2) is 13.1 Å². The van der Waals surface area contributed by atoms with Crippen LogP contribution in [0.25, 0.3) is 0 Å². The predicted octanol–water partition coefficient (Wildman–Crippen LogP) is 1.29. The summed E-state index contributed by atoms with van der Waals surface area (Å²) in [7, 11) is -2.17. The third-order valence-corrected chi connectivity index (χ3v) is 4.68. The Kier molecular flexibility index (Phi) is 6.94. The molecule has 0 saturated heterocycles. The molecule has 1 rings (SSSR count). The number of hydrogen-bond acceptors (Lipinski definition) is 5. The fourth-order valence-electron chi connectivity index (χ4n) is 2.07. The van der Waals surface area contributed by atoms with Crippen molar-refractivity contribution in [3.8, 4) is 5.75 Å². The molecule has 0 saturated carbocycles. The molecule has 7 heteroatoms. The molecule has 0 aliphatic rings. The smallest absolute Gasteiger partial charge is 0.244 e. The zero-order valence-corrected chi connectivity index (χ0v) is 13.7. The van der Waals surface area contributed by atoms with Crippen LogP contribution in [0.1, 0.15) is 20.3 Å². The van der Waals surface area contributed by atoms with Crippen LogP contribution in [0.2, 0.25) is 0 Å². The Hall–Kier alpha value is -1.31. The molecular weight excluding hydrogens is 290 g/mol. The van der Waals surface area contributed by atoms with Gasteiger partial charge in [-0.1, -0.05) is 13.8 Å². The van der Waals surface area contributed by atoms with Crippen molar-refractivity contribution in [1.82, 2.24) is 9.62 Å². The molecule has 0 heterocycles. The quantitative estimate of drug-likeness (QED) is 0.671. The van der Waals surface area contributed by atoms with Crippen molar-refractivity contribution in [3.05, 3.63) is 18.2 Å². The third-order valence-electron chi connectivity index (χ3n) is 3.18. The number of nitrogen functional groups attached to an aromatic ring is 1. The van der Waals surface area contributed by atoms with Crippen molar-refractivity contribution >= 4 is 15.7 Å². The van der Waals surface area contributed by atoms with Crippen LogP contribution in [0.4, 0.5) is 5.69 Å². The maximum atomic E-state index is 12.3. The first-order chi connectivity index (χ1) is 9.94. The van der Waals surface area contributed by atoms with Gasteiger partial charge in [0, 0.05) is 24.8 Å². The molecule has 0 aromatic heterocycles. The summed E-state index contributed by atoms with van der Waals surface area (Å²) >= 11 is 0. The van der Waals surface area contributed by atoms with E-state index in [0.29, 0.717) is 18.8 Å². The van der Waals surface area contributed by atoms with Gasteiger partial charge in [0.1, 0.15) is 10.6 Å². The number of nitrogens with one attached hydrogen (secondary N) is 1. The van der Waals surface area contributed by atoms with E-state index < -0.39 is 10.0 Å². The normalized spacial score (nSPS) is 11.8. The Balaban J connectivity index is 2.74. The molecule has 6 nitrogen and oxygen atoms in total. The molecule has 0 aliphatic carbocycles. The molecule has 0 radical (unpaired) electrons. The molecule has 0 bridgehead atoms. The molecule has 0 fully saturated rings. The number of likely N-dealkylation sites (N-methyl/N-ethyl adjacent to an activating group) is 1. The molecule has 0 unspecified atom stereocenters. The molecule has 1 aromatic rings. The first-order valence-electron chi connectivity index (χ1n) is 7.10. The van der Waals surface area contributed by atoms with Crippen LogP contribution in [-0.4, -0.2) is 46.6 Å². The average molecular weight is 315 g/mol. The zero-order chi connectivity index (χ0) is 15.9. The Labute approximate surface area is 127 Å². The minimum atomic E-state index is -3.60. The van der Waals surface area contributed by atoms with Gasteiger partial charge in [0.25, 0.3) is 0 Å². The van der Waals surface area contributed by atoms with Gasteiger partial charge < -0.3 is 15.4 Å². The topological polar surface area (TPSA) is 84.7 Å². The van der Waals surface area contributed by atoms with E-state index in [1.165, 1.54) is 19.2 Å². The lowest BCUT2D eigenvalue weighted by molar-refractivity contribution is 0.293. The Morgan fingerprint density at radius 2 is 2.00 bits per heavy atom. The van der Waals surface area contributed by atoms with Gasteiger partial charge >= 0.3 is 0 Å². The number of ether oxygens (including phenoxy) is 1. The van der Waals surface area contributed by atoms with Gasteiger partial charge in [-0.3, -0.25) is 0 Å². The first-order valence-corrected chi connectivity index (χ1v) is 8.58. The molecule has 0 amide bonds. The molecule has 0 aliphatic heterocycles. The molecule has 0 spiro atoms. The molecule has 21 heavy (non-hydrogen) atoms. The first kappa shape index (κ1) is 17.7. The summed E-state index contributed by atoms with van der Waals surface area (Å²) in [5.41, 5.74) is 6.10. The summed E-state index contributed by atoms with van der Waals surface area (Å²) in [5.74, 6) is 0.253.